The van der Waals surface area contributed by atoms with Crippen molar-refractivity contribution >= 4 is 17.1 Å². The standard InChI is InChI=1S/C25H21N.C16H16.C13H12/c1-20-12-14-21(15-13-20)22-16-18-25(19-17-22)26(23-8-4-2-5-9-23)24-10-6-3-7-11-24;1-11-7-6-10-14-15(11)12-8-4-5-9-13(12)16(14,2)3;1-11-7-9-13(10-8-11)12-5-3-2-4-6-12/h2-19H,1H3;4-10H,1-3H3;2-10H,1H3. The summed E-state index contributed by atoms with van der Waals surface area (Å²) in [7, 11) is 0. The minimum Gasteiger partial charge on any atom is -0.311 e. The molecule has 1 nitrogen and oxygen atoms in total. The number of rotatable bonds is 5. The maximum absolute atomic E-state index is 2.32. The Labute approximate surface area is 328 Å². The van der Waals surface area contributed by atoms with Gasteiger partial charge in [-0.15, -0.1) is 0 Å². The zero-order chi connectivity index (χ0) is 38.2. The maximum Gasteiger partial charge on any atom is 0.0462 e. The van der Waals surface area contributed by atoms with Crippen molar-refractivity contribution in [3.8, 4) is 33.4 Å². The van der Waals surface area contributed by atoms with Gasteiger partial charge in [-0.3, -0.25) is 0 Å². The smallest absolute Gasteiger partial charge is 0.0462 e. The topological polar surface area (TPSA) is 3.24 Å². The molecule has 9 rings (SSSR count). The van der Waals surface area contributed by atoms with Crippen LogP contribution in [0.15, 0.2) is 206 Å². The zero-order valence-electron chi connectivity index (χ0n) is 32.6. The zero-order valence-corrected chi connectivity index (χ0v) is 32.6. The van der Waals surface area contributed by atoms with Gasteiger partial charge in [0, 0.05) is 22.5 Å². The number of para-hydroxylation sites is 2. The molecule has 0 unspecified atom stereocenters. The summed E-state index contributed by atoms with van der Waals surface area (Å²) in [5.74, 6) is 0. The minimum atomic E-state index is 0.151. The fraction of sp³-hybridized carbons (Fsp3) is 0.111. The number of nitrogens with zero attached hydrogens (tertiary/aromatic N) is 1. The van der Waals surface area contributed by atoms with E-state index in [1.54, 1.807) is 0 Å². The quantitative estimate of drug-likeness (QED) is 0.172. The molecule has 0 N–H and O–H groups in total. The summed E-state index contributed by atoms with van der Waals surface area (Å²) in [6, 6.07) is 72.8. The number of aryl methyl sites for hydroxylation is 3. The summed E-state index contributed by atoms with van der Waals surface area (Å²) in [5, 5.41) is 0. The van der Waals surface area contributed by atoms with Crippen LogP contribution in [0.1, 0.15) is 41.7 Å². The molecule has 0 aliphatic heterocycles. The molecule has 0 spiro atoms. The Hall–Kier alpha value is -6.44. The van der Waals surface area contributed by atoms with Gasteiger partial charge in [0.25, 0.3) is 0 Å². The molecular weight excluding hydrogens is 663 g/mol. The number of hydrogen-bond donors (Lipinski definition) is 0. The Balaban J connectivity index is 0.000000137. The van der Waals surface area contributed by atoms with Crippen LogP contribution in [-0.2, 0) is 5.41 Å². The third-order valence-corrected chi connectivity index (χ3v) is 10.5. The molecule has 8 aromatic carbocycles. The van der Waals surface area contributed by atoms with Crippen molar-refractivity contribution < 1.29 is 0 Å². The van der Waals surface area contributed by atoms with Gasteiger partial charge in [0.05, 0.1) is 0 Å². The average molecular weight is 712 g/mol. The fourth-order valence-electron chi connectivity index (χ4n) is 7.46. The molecule has 0 bridgehead atoms. The molecule has 0 saturated carbocycles. The van der Waals surface area contributed by atoms with Gasteiger partial charge in [0.15, 0.2) is 0 Å². The van der Waals surface area contributed by atoms with Crippen molar-refractivity contribution in [2.45, 2.75) is 40.0 Å². The summed E-state index contributed by atoms with van der Waals surface area (Å²) in [5.41, 5.74) is 18.4. The Kier molecular flexibility index (Phi) is 11.2. The van der Waals surface area contributed by atoms with Crippen molar-refractivity contribution in [1.82, 2.24) is 0 Å². The molecule has 0 atom stereocenters. The third-order valence-electron chi connectivity index (χ3n) is 10.5. The van der Waals surface area contributed by atoms with E-state index >= 15 is 0 Å². The maximum atomic E-state index is 2.32. The van der Waals surface area contributed by atoms with Crippen molar-refractivity contribution in [1.29, 1.82) is 0 Å². The molecule has 1 heteroatoms. The first-order valence-electron chi connectivity index (χ1n) is 19.2. The van der Waals surface area contributed by atoms with Crippen LogP contribution >= 0.6 is 0 Å². The van der Waals surface area contributed by atoms with Gasteiger partial charge in [-0.25, -0.2) is 0 Å². The highest BCUT2D eigenvalue weighted by Crippen LogP contribution is 2.49. The number of benzene rings is 8. The molecule has 0 radical (unpaired) electrons. The predicted molar refractivity (Wildman–Crippen MR) is 237 cm³/mol. The second kappa shape index (κ2) is 16.7. The van der Waals surface area contributed by atoms with Crippen molar-refractivity contribution in [2.75, 3.05) is 4.90 Å². The van der Waals surface area contributed by atoms with Gasteiger partial charge in [-0.05, 0) is 107 Å². The molecule has 1 aliphatic carbocycles. The summed E-state index contributed by atoms with van der Waals surface area (Å²) < 4.78 is 0. The molecule has 0 fully saturated rings. The Morgan fingerprint density at radius 2 is 0.709 bits per heavy atom. The molecule has 1 aliphatic rings. The van der Waals surface area contributed by atoms with E-state index in [0.717, 1.165) is 17.1 Å². The second-order valence-electron chi connectivity index (χ2n) is 14.8. The second-order valence-corrected chi connectivity index (χ2v) is 14.8. The van der Waals surface area contributed by atoms with E-state index in [4.69, 9.17) is 0 Å². The molecule has 55 heavy (non-hydrogen) atoms. The van der Waals surface area contributed by atoms with E-state index in [0.29, 0.717) is 0 Å². The molecule has 8 aromatic rings. The Morgan fingerprint density at radius 3 is 1.22 bits per heavy atom. The summed E-state index contributed by atoms with van der Waals surface area (Å²) in [6.07, 6.45) is 0. The summed E-state index contributed by atoms with van der Waals surface area (Å²) in [6.45, 7) is 11.1. The van der Waals surface area contributed by atoms with Crippen LogP contribution in [0.2, 0.25) is 0 Å². The van der Waals surface area contributed by atoms with Crippen molar-refractivity contribution in [2.24, 2.45) is 0 Å². The van der Waals surface area contributed by atoms with Crippen LogP contribution < -0.4 is 4.90 Å². The first-order valence-corrected chi connectivity index (χ1v) is 19.2. The summed E-state index contributed by atoms with van der Waals surface area (Å²) in [4.78, 5) is 2.28. The molecule has 270 valence electrons. The number of fused-ring (bicyclic) bond motifs is 3. The first-order chi connectivity index (χ1) is 26.8. The normalized spacial score (nSPS) is 11.9. The minimum absolute atomic E-state index is 0.151. The highest BCUT2D eigenvalue weighted by atomic mass is 15.1. The van der Waals surface area contributed by atoms with E-state index in [1.165, 1.54) is 61.2 Å². The van der Waals surface area contributed by atoms with E-state index in [-0.39, 0.29) is 5.41 Å². The lowest BCUT2D eigenvalue weighted by atomic mass is 9.82. The number of anilines is 3. The highest BCUT2D eigenvalue weighted by Gasteiger charge is 2.35. The SMILES string of the molecule is Cc1ccc(-c2ccc(N(c3ccccc3)c3ccccc3)cc2)cc1.Cc1ccc(-c2ccccc2)cc1.Cc1cccc2c1-c1ccccc1C2(C)C. The van der Waals surface area contributed by atoms with Crippen LogP contribution in [0.4, 0.5) is 17.1 Å². The predicted octanol–water partition coefficient (Wildman–Crippen LogP) is 15.1. The van der Waals surface area contributed by atoms with Gasteiger partial charge in [-0.1, -0.05) is 195 Å². The van der Waals surface area contributed by atoms with Gasteiger partial charge in [-0.2, -0.15) is 0 Å². The molecular formula is C54H49N. The largest absolute Gasteiger partial charge is 0.311 e. The monoisotopic (exact) mass is 711 g/mol. The Morgan fingerprint density at radius 1 is 0.327 bits per heavy atom. The van der Waals surface area contributed by atoms with Gasteiger partial charge >= 0.3 is 0 Å². The van der Waals surface area contributed by atoms with Crippen LogP contribution in [0.25, 0.3) is 33.4 Å². The van der Waals surface area contributed by atoms with Gasteiger partial charge in [0.2, 0.25) is 0 Å². The van der Waals surface area contributed by atoms with E-state index < -0.39 is 0 Å². The van der Waals surface area contributed by atoms with Crippen molar-refractivity contribution in [3.05, 3.63) is 234 Å². The van der Waals surface area contributed by atoms with Crippen LogP contribution in [0, 0.1) is 20.8 Å². The van der Waals surface area contributed by atoms with Crippen LogP contribution in [0.5, 0.6) is 0 Å². The lowest BCUT2D eigenvalue weighted by Crippen LogP contribution is -2.14. The molecule has 0 aromatic heterocycles. The Bertz CT molecular complexity index is 2390. The van der Waals surface area contributed by atoms with E-state index in [2.05, 4.69) is 228 Å². The summed E-state index contributed by atoms with van der Waals surface area (Å²) >= 11 is 0. The van der Waals surface area contributed by atoms with E-state index in [9.17, 15) is 0 Å². The lowest BCUT2D eigenvalue weighted by Gasteiger charge is -2.25. The lowest BCUT2D eigenvalue weighted by molar-refractivity contribution is 0.660. The molecule has 0 amide bonds. The fourth-order valence-corrected chi connectivity index (χ4v) is 7.46. The third kappa shape index (κ3) is 8.38. The average Bonchev–Trinajstić information content (AvgIpc) is 3.47. The molecule has 0 heterocycles. The molecule has 0 saturated heterocycles. The highest BCUT2D eigenvalue weighted by molar-refractivity contribution is 5.83. The van der Waals surface area contributed by atoms with E-state index in [1.807, 2.05) is 18.2 Å². The first kappa shape index (κ1) is 36.9. The van der Waals surface area contributed by atoms with Gasteiger partial charge < -0.3 is 4.90 Å². The van der Waals surface area contributed by atoms with Crippen LogP contribution in [-0.4, -0.2) is 0 Å². The van der Waals surface area contributed by atoms with Crippen LogP contribution in [0.3, 0.4) is 0 Å². The number of hydrogen-bond acceptors (Lipinski definition) is 1. The van der Waals surface area contributed by atoms with Crippen molar-refractivity contribution in [3.63, 3.8) is 0 Å². The van der Waals surface area contributed by atoms with Gasteiger partial charge in [0.1, 0.15) is 0 Å².